The summed E-state index contributed by atoms with van der Waals surface area (Å²) in [5.74, 6) is 0. The van der Waals surface area contributed by atoms with Crippen LogP contribution in [-0.4, -0.2) is 5.11 Å². The summed E-state index contributed by atoms with van der Waals surface area (Å²) in [7, 11) is 0. The molecule has 2 rings (SSSR count). The van der Waals surface area contributed by atoms with Crippen LogP contribution in [0.3, 0.4) is 0 Å². The molecule has 0 spiro atoms. The molecule has 142 valence electrons. The van der Waals surface area contributed by atoms with Gasteiger partial charge in [-0.05, 0) is 28.5 Å². The molecule has 0 saturated carbocycles. The third kappa shape index (κ3) is 10.8. The predicted octanol–water partition coefficient (Wildman–Crippen LogP) is 7.24. The molecule has 2 aromatic carbocycles. The first-order chi connectivity index (χ1) is 11.4. The predicted molar refractivity (Wildman–Crippen MR) is 114 cm³/mol. The Bertz CT molecular complexity index is 520. The number of aliphatic hydroxyl groups is 1. The van der Waals surface area contributed by atoms with E-state index in [0.717, 1.165) is 12.0 Å². The van der Waals surface area contributed by atoms with Crippen LogP contribution in [0.5, 0.6) is 0 Å². The van der Waals surface area contributed by atoms with Crippen LogP contribution >= 0.6 is 0 Å². The highest BCUT2D eigenvalue weighted by atomic mass is 16.3. The van der Waals surface area contributed by atoms with Gasteiger partial charge in [0, 0.05) is 6.42 Å². The zero-order valence-corrected chi connectivity index (χ0v) is 16.6. The number of rotatable bonds is 4. The number of hydrogen-bond donors (Lipinski definition) is 1. The minimum atomic E-state index is -0.430. The highest BCUT2D eigenvalue weighted by Gasteiger charge is 2.12. The van der Waals surface area contributed by atoms with Crippen LogP contribution in [0.25, 0.3) is 0 Å². The van der Waals surface area contributed by atoms with Gasteiger partial charge in [-0.15, -0.1) is 0 Å². The maximum Gasteiger partial charge on any atom is 0.0830 e. The topological polar surface area (TPSA) is 20.2 Å². The molecule has 0 aliphatic carbocycles. The first-order valence-corrected chi connectivity index (χ1v) is 9.25. The monoisotopic (exact) mass is 344 g/mol. The minimum absolute atomic E-state index is 0. The maximum atomic E-state index is 10.3. The molecule has 1 unspecified atom stereocenters. The molecular formula is C24H40O. The van der Waals surface area contributed by atoms with Crippen LogP contribution in [0.2, 0.25) is 0 Å². The first kappa shape index (κ1) is 25.6. The van der Waals surface area contributed by atoms with Crippen molar-refractivity contribution in [1.29, 1.82) is 0 Å². The highest BCUT2D eigenvalue weighted by Crippen LogP contribution is 2.23. The zero-order chi connectivity index (χ0) is 18.6. The van der Waals surface area contributed by atoms with Crippen LogP contribution in [0.15, 0.2) is 54.6 Å². The van der Waals surface area contributed by atoms with E-state index >= 15 is 0 Å². The molecule has 2 aromatic rings. The van der Waals surface area contributed by atoms with E-state index in [1.165, 1.54) is 11.1 Å². The molecule has 0 heterocycles. The number of aliphatic hydroxyl groups excluding tert-OH is 1. The molecule has 0 bridgehead atoms. The molecule has 1 nitrogen and oxygen atoms in total. The van der Waals surface area contributed by atoms with E-state index in [-0.39, 0.29) is 7.43 Å². The van der Waals surface area contributed by atoms with E-state index in [9.17, 15) is 5.11 Å². The standard InChI is InChI=1S/C19H24O.2C2H6.CH4/c1-19(2,3)14-16-9-11-17(12-10-16)18(20)13-15-7-5-4-6-8-15;2*1-2;/h4-12,18,20H,13-14H2,1-3H3;2*1-2H3;1H4. The van der Waals surface area contributed by atoms with E-state index < -0.39 is 6.10 Å². The van der Waals surface area contributed by atoms with E-state index in [2.05, 4.69) is 57.2 Å². The van der Waals surface area contributed by atoms with Crippen LogP contribution in [0.4, 0.5) is 0 Å². The lowest BCUT2D eigenvalue weighted by atomic mass is 9.87. The molecule has 1 atom stereocenters. The molecule has 0 saturated heterocycles. The molecule has 0 aliphatic rings. The number of benzene rings is 2. The van der Waals surface area contributed by atoms with E-state index in [1.54, 1.807) is 0 Å². The largest absolute Gasteiger partial charge is 0.388 e. The normalized spacial score (nSPS) is 11.0. The fraction of sp³-hybridized carbons (Fsp3) is 0.500. The van der Waals surface area contributed by atoms with Crippen LogP contribution < -0.4 is 0 Å². The summed E-state index contributed by atoms with van der Waals surface area (Å²) in [4.78, 5) is 0. The summed E-state index contributed by atoms with van der Waals surface area (Å²) in [5.41, 5.74) is 3.78. The van der Waals surface area contributed by atoms with Crippen molar-refractivity contribution in [3.63, 3.8) is 0 Å². The van der Waals surface area contributed by atoms with E-state index in [4.69, 9.17) is 0 Å². The second-order valence-corrected chi connectivity index (χ2v) is 6.68. The van der Waals surface area contributed by atoms with E-state index in [1.807, 2.05) is 45.9 Å². The van der Waals surface area contributed by atoms with Crippen LogP contribution in [0.1, 0.15) is 78.7 Å². The van der Waals surface area contributed by atoms with Crippen molar-refractivity contribution >= 4 is 0 Å². The van der Waals surface area contributed by atoms with Gasteiger partial charge in [0.05, 0.1) is 6.10 Å². The van der Waals surface area contributed by atoms with Crippen molar-refractivity contribution in [2.24, 2.45) is 5.41 Å². The summed E-state index contributed by atoms with van der Waals surface area (Å²) in [6, 6.07) is 18.5. The third-order valence-corrected chi connectivity index (χ3v) is 3.37. The van der Waals surface area contributed by atoms with Gasteiger partial charge in [0.15, 0.2) is 0 Å². The molecule has 25 heavy (non-hydrogen) atoms. The molecule has 1 heteroatoms. The molecule has 0 amide bonds. The van der Waals surface area contributed by atoms with Gasteiger partial charge < -0.3 is 5.11 Å². The van der Waals surface area contributed by atoms with Crippen molar-refractivity contribution in [2.75, 3.05) is 0 Å². The Balaban J connectivity index is 0. The summed E-state index contributed by atoms with van der Waals surface area (Å²) in [6.45, 7) is 14.7. The average Bonchev–Trinajstić information content (AvgIpc) is 2.58. The SMILES string of the molecule is C.CC.CC.CC(C)(C)Cc1ccc(C(O)Cc2ccccc2)cc1. The Hall–Kier alpha value is -1.60. The third-order valence-electron chi connectivity index (χ3n) is 3.37. The first-order valence-electron chi connectivity index (χ1n) is 9.25. The lowest BCUT2D eigenvalue weighted by Gasteiger charge is -2.18. The van der Waals surface area contributed by atoms with Gasteiger partial charge in [-0.2, -0.15) is 0 Å². The Morgan fingerprint density at radius 2 is 1.24 bits per heavy atom. The molecule has 0 aromatic heterocycles. The second-order valence-electron chi connectivity index (χ2n) is 6.68. The Labute approximate surface area is 157 Å². The quantitative estimate of drug-likeness (QED) is 0.619. The number of hydrogen-bond acceptors (Lipinski definition) is 1. The van der Waals surface area contributed by atoms with Gasteiger partial charge in [-0.1, -0.05) is 110 Å². The van der Waals surface area contributed by atoms with Crippen LogP contribution in [0, 0.1) is 5.41 Å². The summed E-state index contributed by atoms with van der Waals surface area (Å²) in [6.07, 6.45) is 1.29. The summed E-state index contributed by atoms with van der Waals surface area (Å²) < 4.78 is 0. The van der Waals surface area contributed by atoms with Crippen molar-refractivity contribution in [2.45, 2.75) is 74.8 Å². The lowest BCUT2D eigenvalue weighted by Crippen LogP contribution is -2.09. The van der Waals surface area contributed by atoms with Gasteiger partial charge in [0.25, 0.3) is 0 Å². The van der Waals surface area contributed by atoms with Crippen molar-refractivity contribution in [3.05, 3.63) is 71.3 Å². The van der Waals surface area contributed by atoms with Crippen molar-refractivity contribution in [1.82, 2.24) is 0 Å². The summed E-state index contributed by atoms with van der Waals surface area (Å²) in [5, 5.41) is 10.3. The Morgan fingerprint density at radius 3 is 1.68 bits per heavy atom. The smallest absolute Gasteiger partial charge is 0.0830 e. The van der Waals surface area contributed by atoms with Gasteiger partial charge in [-0.25, -0.2) is 0 Å². The molecule has 0 aliphatic heterocycles. The van der Waals surface area contributed by atoms with Crippen molar-refractivity contribution < 1.29 is 5.11 Å². The Morgan fingerprint density at radius 1 is 0.760 bits per heavy atom. The minimum Gasteiger partial charge on any atom is -0.388 e. The van der Waals surface area contributed by atoms with Crippen LogP contribution in [-0.2, 0) is 12.8 Å². The fourth-order valence-corrected chi connectivity index (χ4v) is 2.43. The zero-order valence-electron chi connectivity index (χ0n) is 16.6. The molecule has 0 radical (unpaired) electrons. The average molecular weight is 345 g/mol. The Kier molecular flexibility index (Phi) is 14.0. The fourth-order valence-electron chi connectivity index (χ4n) is 2.43. The maximum absolute atomic E-state index is 10.3. The highest BCUT2D eigenvalue weighted by molar-refractivity contribution is 5.26. The molecule has 1 N–H and O–H groups in total. The molecular weight excluding hydrogens is 304 g/mol. The van der Waals surface area contributed by atoms with Gasteiger partial charge in [0.2, 0.25) is 0 Å². The van der Waals surface area contributed by atoms with E-state index in [0.29, 0.717) is 11.8 Å². The molecule has 0 fully saturated rings. The van der Waals surface area contributed by atoms with Crippen molar-refractivity contribution in [3.8, 4) is 0 Å². The van der Waals surface area contributed by atoms with Gasteiger partial charge in [-0.3, -0.25) is 0 Å². The summed E-state index contributed by atoms with van der Waals surface area (Å²) >= 11 is 0. The lowest BCUT2D eigenvalue weighted by molar-refractivity contribution is 0.178. The van der Waals surface area contributed by atoms with Gasteiger partial charge >= 0.3 is 0 Å². The second kappa shape index (κ2) is 13.7. The van der Waals surface area contributed by atoms with Gasteiger partial charge in [0.1, 0.15) is 0 Å².